The molecule has 0 saturated carbocycles. The third kappa shape index (κ3) is 9.01. The molecule has 11 nitrogen and oxygen atoms in total. The molecule has 0 spiro atoms. The zero-order chi connectivity index (χ0) is 32.7. The molecule has 3 N–H and O–H groups in total. The van der Waals surface area contributed by atoms with E-state index >= 15 is 0 Å². The first-order valence-electron chi connectivity index (χ1n) is 14.3. The fraction of sp³-hybridized carbons (Fsp3) is 0.406. The van der Waals surface area contributed by atoms with Crippen LogP contribution in [0.5, 0.6) is 5.75 Å². The molecule has 3 rings (SSSR count). The second-order valence-electron chi connectivity index (χ2n) is 12.2. The molecule has 0 aliphatic heterocycles. The van der Waals surface area contributed by atoms with Crippen molar-refractivity contribution in [1.29, 1.82) is 0 Å². The molecule has 0 fully saturated rings. The van der Waals surface area contributed by atoms with E-state index in [1.165, 1.54) is 12.1 Å². The van der Waals surface area contributed by atoms with Gasteiger partial charge in [-0.2, -0.15) is 4.31 Å². The molecule has 1 unspecified atom stereocenters. The number of hydrogen-bond acceptors (Lipinski definition) is 7. The van der Waals surface area contributed by atoms with Crippen LogP contribution in [0.1, 0.15) is 45.7 Å². The molecule has 0 heterocycles. The van der Waals surface area contributed by atoms with Crippen molar-refractivity contribution in [2.24, 2.45) is 11.3 Å². The zero-order valence-corrected chi connectivity index (χ0v) is 26.4. The molecule has 0 aromatic heterocycles. The number of ether oxygens (including phenoxy) is 1. The minimum Gasteiger partial charge on any atom is -0.482 e. The van der Waals surface area contributed by atoms with Crippen molar-refractivity contribution in [2.45, 2.75) is 70.7 Å². The van der Waals surface area contributed by atoms with Crippen molar-refractivity contribution >= 4 is 21.8 Å². The average Bonchev–Trinajstić information content (AvgIpc) is 2.95. The first-order valence-corrected chi connectivity index (χ1v) is 15.7. The minimum absolute atomic E-state index is 0.0352. The van der Waals surface area contributed by atoms with Gasteiger partial charge in [0.25, 0.3) is 0 Å². The Hall–Kier alpha value is -4.00. The number of nitrogens with zero attached hydrogens (tertiary/aromatic N) is 2. The number of rotatable bonds is 14. The van der Waals surface area contributed by atoms with Crippen LogP contribution < -0.4 is 10.1 Å². The van der Waals surface area contributed by atoms with Crippen LogP contribution in [0.4, 0.5) is 10.5 Å². The monoisotopic (exact) mass is 627 g/mol. The van der Waals surface area contributed by atoms with Gasteiger partial charge in [0.1, 0.15) is 6.61 Å². The quantitative estimate of drug-likeness (QED) is 0.157. The Kier molecular flexibility index (Phi) is 11.5. The Morgan fingerprint density at radius 2 is 1.57 bits per heavy atom. The lowest BCUT2D eigenvalue weighted by molar-refractivity contribution is -0.386. The van der Waals surface area contributed by atoms with Gasteiger partial charge in [0, 0.05) is 12.6 Å². The number of aliphatic hydroxyl groups excluding tert-OH is 1. The molecular formula is C32H41N3O8S. The molecule has 12 heteroatoms. The minimum atomic E-state index is -4.46. The van der Waals surface area contributed by atoms with Crippen molar-refractivity contribution < 1.29 is 33.1 Å². The van der Waals surface area contributed by atoms with Gasteiger partial charge in [-0.15, -0.1) is 0 Å². The predicted octanol–water partition coefficient (Wildman–Crippen LogP) is 5.48. The van der Waals surface area contributed by atoms with Crippen molar-refractivity contribution in [3.05, 3.63) is 100 Å². The average molecular weight is 628 g/mol. The SMILES string of the molecule is CC(C)CN(C([C@H](O)[C@H](Cc1ccccc1)NC(=O)O)C(C)(C)C)S(=O)(=O)c1ccc(OCc2ccccc2)c([N+](=O)[O-])c1. The maximum Gasteiger partial charge on any atom is 0.404 e. The number of nitro groups is 1. The Labute approximate surface area is 258 Å². The van der Waals surface area contributed by atoms with Crippen LogP contribution in [-0.4, -0.2) is 58.7 Å². The molecule has 0 radical (unpaired) electrons. The van der Waals surface area contributed by atoms with Gasteiger partial charge >= 0.3 is 11.8 Å². The summed E-state index contributed by atoms with van der Waals surface area (Å²) in [6.07, 6.45) is -2.74. The van der Waals surface area contributed by atoms with Gasteiger partial charge in [0.05, 0.1) is 28.0 Å². The Morgan fingerprint density at radius 1 is 1.00 bits per heavy atom. The third-order valence-corrected chi connectivity index (χ3v) is 8.90. The number of aliphatic hydroxyl groups is 1. The van der Waals surface area contributed by atoms with E-state index in [1.807, 2.05) is 38.1 Å². The van der Waals surface area contributed by atoms with E-state index in [9.17, 15) is 33.5 Å². The summed E-state index contributed by atoms with van der Waals surface area (Å²) >= 11 is 0. The van der Waals surface area contributed by atoms with Crippen LogP contribution >= 0.6 is 0 Å². The number of sulfonamides is 1. The molecule has 238 valence electrons. The van der Waals surface area contributed by atoms with Gasteiger partial charge in [-0.05, 0) is 41.0 Å². The van der Waals surface area contributed by atoms with Crippen molar-refractivity contribution in [2.75, 3.05) is 6.54 Å². The smallest absolute Gasteiger partial charge is 0.404 e. The summed E-state index contributed by atoms with van der Waals surface area (Å²) in [6, 6.07) is 19.3. The number of amides is 1. The standard InChI is InChI=1S/C32H41N3O8S/c1-22(2)20-34(30(32(3,4)5)29(36)26(33-31(37)38)18-23-12-8-6-9-13-23)44(41,42)25-16-17-28(27(19-25)35(39)40)43-21-24-14-10-7-11-15-24/h6-17,19,22,26,29-30,33,36H,18,20-21H2,1-5H3,(H,37,38)/t26-,29+,30?/m0/s1. The first-order chi connectivity index (χ1) is 20.6. The van der Waals surface area contributed by atoms with Crippen LogP contribution in [0.3, 0.4) is 0 Å². The van der Waals surface area contributed by atoms with E-state index < -0.39 is 50.3 Å². The Morgan fingerprint density at radius 3 is 2.07 bits per heavy atom. The van der Waals surface area contributed by atoms with Crippen LogP contribution in [-0.2, 0) is 23.1 Å². The fourth-order valence-electron chi connectivity index (χ4n) is 5.13. The van der Waals surface area contributed by atoms with Crippen LogP contribution in [0.25, 0.3) is 0 Å². The van der Waals surface area contributed by atoms with Crippen LogP contribution in [0, 0.1) is 21.4 Å². The second-order valence-corrected chi connectivity index (χ2v) is 14.1. The number of nitro benzene ring substituents is 1. The second kappa shape index (κ2) is 14.7. The number of carboxylic acid groups (broad SMARTS) is 1. The largest absolute Gasteiger partial charge is 0.482 e. The van der Waals surface area contributed by atoms with Crippen molar-refractivity contribution in [1.82, 2.24) is 9.62 Å². The van der Waals surface area contributed by atoms with Crippen molar-refractivity contribution in [3.63, 3.8) is 0 Å². The predicted molar refractivity (Wildman–Crippen MR) is 167 cm³/mol. The summed E-state index contributed by atoms with van der Waals surface area (Å²) in [4.78, 5) is 22.8. The topological polar surface area (TPSA) is 159 Å². The fourth-order valence-corrected chi connectivity index (χ4v) is 7.14. The van der Waals surface area contributed by atoms with Crippen LogP contribution in [0.15, 0.2) is 83.8 Å². The molecule has 0 aliphatic rings. The molecule has 0 saturated heterocycles. The summed E-state index contributed by atoms with van der Waals surface area (Å²) in [5.41, 5.74) is 0.122. The van der Waals surface area contributed by atoms with E-state index in [0.717, 1.165) is 21.5 Å². The van der Waals surface area contributed by atoms with Gasteiger partial charge in [-0.3, -0.25) is 10.1 Å². The lowest BCUT2D eigenvalue weighted by Crippen LogP contribution is -2.61. The molecule has 0 bridgehead atoms. The van der Waals surface area contributed by atoms with Gasteiger partial charge in [-0.1, -0.05) is 95.3 Å². The molecule has 44 heavy (non-hydrogen) atoms. The lowest BCUT2D eigenvalue weighted by atomic mass is 9.79. The van der Waals surface area contributed by atoms with E-state index in [4.69, 9.17) is 4.74 Å². The molecule has 0 aliphatic carbocycles. The molecule has 3 aromatic rings. The molecule has 3 aromatic carbocycles. The Balaban J connectivity index is 2.07. The normalized spacial score (nSPS) is 14.2. The highest BCUT2D eigenvalue weighted by molar-refractivity contribution is 7.89. The van der Waals surface area contributed by atoms with Gasteiger partial charge < -0.3 is 20.3 Å². The summed E-state index contributed by atoms with van der Waals surface area (Å²) in [6.45, 7) is 8.91. The maximum atomic E-state index is 14.3. The number of benzene rings is 3. The maximum absolute atomic E-state index is 14.3. The number of hydrogen-bond donors (Lipinski definition) is 3. The summed E-state index contributed by atoms with van der Waals surface area (Å²) < 4.78 is 35.5. The van der Waals surface area contributed by atoms with Gasteiger partial charge in [-0.25, -0.2) is 13.2 Å². The first kappa shape index (κ1) is 34.5. The lowest BCUT2D eigenvalue weighted by Gasteiger charge is -2.44. The molecule has 1 amide bonds. The van der Waals surface area contributed by atoms with Crippen molar-refractivity contribution in [3.8, 4) is 5.75 Å². The summed E-state index contributed by atoms with van der Waals surface area (Å²) in [7, 11) is -4.46. The van der Waals surface area contributed by atoms with Gasteiger partial charge in [0.15, 0.2) is 5.75 Å². The Bertz CT molecular complexity index is 1510. The van der Waals surface area contributed by atoms with Crippen LogP contribution in [0.2, 0.25) is 0 Å². The number of carbonyl (C=O) groups is 1. The van der Waals surface area contributed by atoms with E-state index in [-0.39, 0.29) is 36.1 Å². The third-order valence-electron chi connectivity index (χ3n) is 7.06. The van der Waals surface area contributed by atoms with E-state index in [1.54, 1.807) is 57.2 Å². The molecule has 3 atom stereocenters. The highest BCUT2D eigenvalue weighted by Crippen LogP contribution is 2.37. The van der Waals surface area contributed by atoms with Gasteiger partial charge in [0.2, 0.25) is 10.0 Å². The zero-order valence-electron chi connectivity index (χ0n) is 25.6. The highest BCUT2D eigenvalue weighted by Gasteiger charge is 2.46. The molecular weight excluding hydrogens is 586 g/mol. The van der Waals surface area contributed by atoms with E-state index in [2.05, 4.69) is 5.32 Å². The highest BCUT2D eigenvalue weighted by atomic mass is 32.2. The summed E-state index contributed by atoms with van der Waals surface area (Å²) in [5, 5.41) is 35.8. The van der Waals surface area contributed by atoms with E-state index in [0.29, 0.717) is 0 Å². The summed E-state index contributed by atoms with van der Waals surface area (Å²) in [5.74, 6) is -0.292. The number of nitrogens with one attached hydrogen (secondary N) is 1.